The molecule has 1 aromatic carbocycles. The molecule has 21 heavy (non-hydrogen) atoms. The van der Waals surface area contributed by atoms with Crippen LogP contribution in [-0.4, -0.2) is 41.1 Å². The van der Waals surface area contributed by atoms with E-state index in [0.717, 1.165) is 32.2 Å². The summed E-state index contributed by atoms with van der Waals surface area (Å²) in [5.41, 5.74) is -0.589. The molecule has 1 aromatic rings. The lowest BCUT2D eigenvalue weighted by Gasteiger charge is -2.11. The van der Waals surface area contributed by atoms with E-state index in [0.29, 0.717) is 6.54 Å². The highest BCUT2D eigenvalue weighted by atomic mass is 32.2. The van der Waals surface area contributed by atoms with Gasteiger partial charge >= 0.3 is 5.97 Å². The van der Waals surface area contributed by atoms with Gasteiger partial charge in [0, 0.05) is 13.1 Å². The maximum Gasteiger partial charge on any atom is 0.342 e. The molecule has 8 heteroatoms. The van der Waals surface area contributed by atoms with Crippen molar-refractivity contribution >= 4 is 16.0 Å². The van der Waals surface area contributed by atoms with Gasteiger partial charge in [-0.15, -0.1) is 0 Å². The first-order chi connectivity index (χ1) is 9.94. The monoisotopic (exact) mass is 318 g/mol. The summed E-state index contributed by atoms with van der Waals surface area (Å²) in [7, 11) is -2.92. The number of carbonyl (C=O) groups is 1. The average Bonchev–Trinajstić information content (AvgIpc) is 2.46. The van der Waals surface area contributed by atoms with Gasteiger partial charge in [-0.1, -0.05) is 13.0 Å². The second-order valence-electron chi connectivity index (χ2n) is 4.25. The highest BCUT2D eigenvalue weighted by molar-refractivity contribution is 7.89. The van der Waals surface area contributed by atoms with Crippen LogP contribution in [0.15, 0.2) is 23.1 Å². The molecule has 1 rings (SSSR count). The van der Waals surface area contributed by atoms with Crippen LogP contribution in [0.25, 0.3) is 0 Å². The van der Waals surface area contributed by atoms with Crippen molar-refractivity contribution in [2.75, 3.05) is 26.7 Å². The molecule has 0 spiro atoms. The van der Waals surface area contributed by atoms with E-state index in [1.165, 1.54) is 6.07 Å². The summed E-state index contributed by atoms with van der Waals surface area (Å²) >= 11 is 0. The lowest BCUT2D eigenvalue weighted by molar-refractivity contribution is 0.0590. The number of rotatable bonds is 8. The average molecular weight is 318 g/mol. The summed E-state index contributed by atoms with van der Waals surface area (Å²) < 4.78 is 44.7. The third kappa shape index (κ3) is 4.76. The molecule has 0 radical (unpaired) electrons. The zero-order valence-electron chi connectivity index (χ0n) is 12.0. The second-order valence-corrected chi connectivity index (χ2v) is 5.99. The third-order valence-corrected chi connectivity index (χ3v) is 4.18. The number of methoxy groups -OCH3 is 1. The Labute approximate surface area is 123 Å². The first-order valence-electron chi connectivity index (χ1n) is 6.51. The van der Waals surface area contributed by atoms with E-state index in [-0.39, 0.29) is 6.54 Å². The van der Waals surface area contributed by atoms with E-state index in [4.69, 9.17) is 0 Å². The van der Waals surface area contributed by atoms with Gasteiger partial charge in [-0.2, -0.15) is 0 Å². The van der Waals surface area contributed by atoms with Crippen molar-refractivity contribution in [1.82, 2.24) is 10.0 Å². The molecule has 0 saturated carbocycles. The minimum Gasteiger partial charge on any atom is -0.465 e. The van der Waals surface area contributed by atoms with Crippen LogP contribution in [0.2, 0.25) is 0 Å². The van der Waals surface area contributed by atoms with E-state index in [2.05, 4.69) is 14.8 Å². The molecule has 0 heterocycles. The van der Waals surface area contributed by atoms with Crippen LogP contribution < -0.4 is 10.0 Å². The van der Waals surface area contributed by atoms with Crippen LogP contribution in [0, 0.1) is 5.82 Å². The van der Waals surface area contributed by atoms with Crippen LogP contribution in [0.5, 0.6) is 0 Å². The molecule has 118 valence electrons. The van der Waals surface area contributed by atoms with Crippen LogP contribution in [0.3, 0.4) is 0 Å². The van der Waals surface area contributed by atoms with Crippen molar-refractivity contribution in [1.29, 1.82) is 0 Å². The van der Waals surface area contributed by atoms with Gasteiger partial charge < -0.3 is 10.1 Å². The normalized spacial score (nSPS) is 11.4. The number of esters is 1. The standard InChI is InChI=1S/C13H19FN2O4S/c1-3-7-15-8-9-16-21(18,19)11-6-4-5-10(14)12(11)13(17)20-2/h4-6,15-16H,3,7-9H2,1-2H3. The first-order valence-corrected chi connectivity index (χ1v) is 7.99. The van der Waals surface area contributed by atoms with Crippen LogP contribution in [-0.2, 0) is 14.8 Å². The summed E-state index contributed by atoms with van der Waals surface area (Å²) in [5.74, 6) is -1.97. The van der Waals surface area contributed by atoms with Crippen LogP contribution in [0.4, 0.5) is 4.39 Å². The van der Waals surface area contributed by atoms with Gasteiger partial charge in [0.1, 0.15) is 11.4 Å². The molecular formula is C13H19FN2O4S. The Kier molecular flexibility index (Phi) is 6.73. The Bertz CT molecular complexity index is 590. The van der Waals surface area contributed by atoms with E-state index in [9.17, 15) is 17.6 Å². The van der Waals surface area contributed by atoms with E-state index in [1.807, 2.05) is 6.92 Å². The molecule has 0 saturated heterocycles. The van der Waals surface area contributed by atoms with Crippen LogP contribution >= 0.6 is 0 Å². The predicted molar refractivity (Wildman–Crippen MR) is 76.1 cm³/mol. The number of benzene rings is 1. The number of hydrogen-bond donors (Lipinski definition) is 2. The summed E-state index contributed by atoms with van der Waals surface area (Å²) in [6.45, 7) is 3.34. The second kappa shape index (κ2) is 8.06. The van der Waals surface area contributed by atoms with Crippen molar-refractivity contribution in [3.63, 3.8) is 0 Å². The van der Waals surface area contributed by atoms with Gasteiger partial charge in [-0.25, -0.2) is 22.3 Å². The number of nitrogens with one attached hydrogen (secondary N) is 2. The highest BCUT2D eigenvalue weighted by Gasteiger charge is 2.25. The minimum atomic E-state index is -3.99. The number of hydrogen-bond acceptors (Lipinski definition) is 5. The maximum atomic E-state index is 13.7. The number of carbonyl (C=O) groups excluding carboxylic acids is 1. The van der Waals surface area contributed by atoms with Crippen molar-refractivity contribution in [2.24, 2.45) is 0 Å². The number of sulfonamides is 1. The minimum absolute atomic E-state index is 0.138. The fourth-order valence-corrected chi connectivity index (χ4v) is 2.92. The molecule has 0 aromatic heterocycles. The Balaban J connectivity index is 2.93. The fraction of sp³-hybridized carbons (Fsp3) is 0.462. The Hall–Kier alpha value is -1.51. The number of halogens is 1. The molecule has 6 nitrogen and oxygen atoms in total. The Morgan fingerprint density at radius 1 is 1.29 bits per heavy atom. The SMILES string of the molecule is CCCNCCNS(=O)(=O)c1cccc(F)c1C(=O)OC. The lowest BCUT2D eigenvalue weighted by Crippen LogP contribution is -2.33. The van der Waals surface area contributed by atoms with E-state index < -0.39 is 32.3 Å². The van der Waals surface area contributed by atoms with Gasteiger partial charge in [0.15, 0.2) is 0 Å². The van der Waals surface area contributed by atoms with E-state index >= 15 is 0 Å². The Morgan fingerprint density at radius 2 is 2.00 bits per heavy atom. The van der Waals surface area contributed by atoms with Gasteiger partial charge in [-0.05, 0) is 25.1 Å². The summed E-state index contributed by atoms with van der Waals surface area (Å²) in [5, 5.41) is 3.03. The molecule has 0 aliphatic rings. The third-order valence-electron chi connectivity index (χ3n) is 2.68. The fourth-order valence-electron chi connectivity index (χ4n) is 1.68. The topological polar surface area (TPSA) is 84.5 Å². The highest BCUT2D eigenvalue weighted by Crippen LogP contribution is 2.19. The molecule has 0 fully saturated rings. The molecule has 0 amide bonds. The number of ether oxygens (including phenoxy) is 1. The van der Waals surface area contributed by atoms with Crippen molar-refractivity contribution in [2.45, 2.75) is 18.2 Å². The molecule has 0 bridgehead atoms. The van der Waals surface area contributed by atoms with Gasteiger partial charge in [-0.3, -0.25) is 0 Å². The Morgan fingerprint density at radius 3 is 2.62 bits per heavy atom. The summed E-state index contributed by atoms with van der Waals surface area (Å²) in [4.78, 5) is 11.1. The van der Waals surface area contributed by atoms with Crippen LogP contribution in [0.1, 0.15) is 23.7 Å². The maximum absolute atomic E-state index is 13.7. The molecular weight excluding hydrogens is 299 g/mol. The lowest BCUT2D eigenvalue weighted by atomic mass is 10.2. The first kappa shape index (κ1) is 17.5. The van der Waals surface area contributed by atoms with Crippen molar-refractivity contribution < 1.29 is 22.3 Å². The summed E-state index contributed by atoms with van der Waals surface area (Å²) in [6.07, 6.45) is 0.934. The molecule has 0 aliphatic heterocycles. The molecule has 2 N–H and O–H groups in total. The molecule has 0 aliphatic carbocycles. The largest absolute Gasteiger partial charge is 0.465 e. The zero-order valence-corrected chi connectivity index (χ0v) is 12.8. The van der Waals surface area contributed by atoms with Gasteiger partial charge in [0.05, 0.1) is 12.0 Å². The van der Waals surface area contributed by atoms with E-state index in [1.54, 1.807) is 0 Å². The predicted octanol–water partition coefficient (Wildman–Crippen LogP) is 0.890. The zero-order chi connectivity index (χ0) is 15.9. The quantitative estimate of drug-likeness (QED) is 0.549. The van der Waals surface area contributed by atoms with Gasteiger partial charge in [0.2, 0.25) is 10.0 Å². The van der Waals surface area contributed by atoms with Gasteiger partial charge in [0.25, 0.3) is 0 Å². The van der Waals surface area contributed by atoms with Crippen molar-refractivity contribution in [3.8, 4) is 0 Å². The molecule has 0 unspecified atom stereocenters. The smallest absolute Gasteiger partial charge is 0.342 e. The summed E-state index contributed by atoms with van der Waals surface area (Å²) in [6, 6.07) is 3.40. The molecule has 0 atom stereocenters. The van der Waals surface area contributed by atoms with Crippen molar-refractivity contribution in [3.05, 3.63) is 29.6 Å².